The van der Waals surface area contributed by atoms with E-state index in [1.165, 1.54) is 12.1 Å². The Morgan fingerprint density at radius 2 is 1.75 bits per heavy atom. The molecule has 0 bridgehead atoms. The molecule has 0 fully saturated rings. The standard InChI is InChI=1S/C12H16F3N/c1-8(2)7-11(16)9-5-3-4-6-10(9)12(13,14)15/h3-6,8,11H,7,16H2,1-2H3/t11-/m0/s1. The third kappa shape index (κ3) is 3.23. The van der Waals surface area contributed by atoms with E-state index < -0.39 is 17.8 Å². The molecule has 0 aliphatic rings. The maximum Gasteiger partial charge on any atom is 0.416 e. The van der Waals surface area contributed by atoms with Crippen molar-refractivity contribution in [2.45, 2.75) is 32.5 Å². The van der Waals surface area contributed by atoms with Crippen LogP contribution in [0.2, 0.25) is 0 Å². The summed E-state index contributed by atoms with van der Waals surface area (Å²) in [4.78, 5) is 0. The molecular weight excluding hydrogens is 215 g/mol. The predicted molar refractivity (Wildman–Crippen MR) is 57.8 cm³/mol. The van der Waals surface area contributed by atoms with E-state index in [9.17, 15) is 13.2 Å². The van der Waals surface area contributed by atoms with Crippen LogP contribution in [-0.4, -0.2) is 0 Å². The van der Waals surface area contributed by atoms with Gasteiger partial charge in [-0.25, -0.2) is 0 Å². The molecule has 0 heterocycles. The molecule has 0 saturated carbocycles. The van der Waals surface area contributed by atoms with Crippen molar-refractivity contribution in [3.63, 3.8) is 0 Å². The van der Waals surface area contributed by atoms with Crippen molar-refractivity contribution in [3.05, 3.63) is 35.4 Å². The van der Waals surface area contributed by atoms with Crippen LogP contribution in [0.3, 0.4) is 0 Å². The number of benzene rings is 1. The van der Waals surface area contributed by atoms with E-state index >= 15 is 0 Å². The highest BCUT2D eigenvalue weighted by atomic mass is 19.4. The van der Waals surface area contributed by atoms with Crippen LogP contribution in [0.15, 0.2) is 24.3 Å². The van der Waals surface area contributed by atoms with Crippen LogP contribution in [0.1, 0.15) is 37.4 Å². The molecule has 0 amide bonds. The van der Waals surface area contributed by atoms with Crippen molar-refractivity contribution in [2.24, 2.45) is 11.7 Å². The van der Waals surface area contributed by atoms with Crippen LogP contribution in [0.25, 0.3) is 0 Å². The zero-order valence-electron chi connectivity index (χ0n) is 9.38. The molecule has 0 aliphatic heterocycles. The van der Waals surface area contributed by atoms with E-state index in [1.54, 1.807) is 6.07 Å². The van der Waals surface area contributed by atoms with Gasteiger partial charge in [-0.3, -0.25) is 0 Å². The molecule has 16 heavy (non-hydrogen) atoms. The Bertz CT molecular complexity index is 344. The van der Waals surface area contributed by atoms with Crippen LogP contribution in [0.4, 0.5) is 13.2 Å². The highest BCUT2D eigenvalue weighted by Gasteiger charge is 2.34. The second kappa shape index (κ2) is 4.87. The van der Waals surface area contributed by atoms with Crippen LogP contribution in [-0.2, 0) is 6.18 Å². The normalized spacial score (nSPS) is 14.2. The molecule has 1 atom stereocenters. The Labute approximate surface area is 93.5 Å². The van der Waals surface area contributed by atoms with Gasteiger partial charge in [-0.15, -0.1) is 0 Å². The first-order valence-electron chi connectivity index (χ1n) is 5.24. The van der Waals surface area contributed by atoms with E-state index in [0.29, 0.717) is 6.42 Å². The van der Waals surface area contributed by atoms with Crippen LogP contribution >= 0.6 is 0 Å². The van der Waals surface area contributed by atoms with Gasteiger partial charge in [0.15, 0.2) is 0 Å². The number of rotatable bonds is 3. The summed E-state index contributed by atoms with van der Waals surface area (Å²) in [6.45, 7) is 3.88. The average molecular weight is 231 g/mol. The summed E-state index contributed by atoms with van der Waals surface area (Å²) in [5.74, 6) is 0.274. The minimum atomic E-state index is -4.33. The Morgan fingerprint density at radius 1 is 1.19 bits per heavy atom. The Hall–Kier alpha value is -1.03. The van der Waals surface area contributed by atoms with Crippen LogP contribution < -0.4 is 5.73 Å². The van der Waals surface area contributed by atoms with Gasteiger partial charge >= 0.3 is 6.18 Å². The molecule has 90 valence electrons. The smallest absolute Gasteiger partial charge is 0.324 e. The second-order valence-electron chi connectivity index (χ2n) is 4.32. The molecule has 0 aromatic heterocycles. The van der Waals surface area contributed by atoms with Crippen LogP contribution in [0, 0.1) is 5.92 Å². The van der Waals surface area contributed by atoms with E-state index in [4.69, 9.17) is 5.73 Å². The lowest BCUT2D eigenvalue weighted by atomic mass is 9.94. The van der Waals surface area contributed by atoms with Gasteiger partial charge in [0, 0.05) is 6.04 Å². The topological polar surface area (TPSA) is 26.0 Å². The fourth-order valence-electron chi connectivity index (χ4n) is 1.71. The average Bonchev–Trinajstić information content (AvgIpc) is 2.15. The third-order valence-corrected chi connectivity index (χ3v) is 2.39. The van der Waals surface area contributed by atoms with E-state index in [0.717, 1.165) is 6.07 Å². The number of nitrogens with two attached hydrogens (primary N) is 1. The molecule has 4 heteroatoms. The van der Waals surface area contributed by atoms with E-state index in [-0.39, 0.29) is 11.5 Å². The van der Waals surface area contributed by atoms with Crippen molar-refractivity contribution in [2.75, 3.05) is 0 Å². The highest BCUT2D eigenvalue weighted by Crippen LogP contribution is 2.35. The molecule has 0 aliphatic carbocycles. The lowest BCUT2D eigenvalue weighted by Gasteiger charge is -2.19. The monoisotopic (exact) mass is 231 g/mol. The number of halogens is 3. The molecular formula is C12H16F3N. The van der Waals surface area contributed by atoms with Crippen molar-refractivity contribution in [1.29, 1.82) is 0 Å². The second-order valence-corrected chi connectivity index (χ2v) is 4.32. The fourth-order valence-corrected chi connectivity index (χ4v) is 1.71. The third-order valence-electron chi connectivity index (χ3n) is 2.39. The first kappa shape index (κ1) is 13.0. The zero-order valence-corrected chi connectivity index (χ0v) is 9.38. The SMILES string of the molecule is CC(C)C[C@H](N)c1ccccc1C(F)(F)F. The Kier molecular flexibility index (Phi) is 3.97. The lowest BCUT2D eigenvalue weighted by Crippen LogP contribution is -2.18. The summed E-state index contributed by atoms with van der Waals surface area (Å²) >= 11 is 0. The van der Waals surface area contributed by atoms with Crippen molar-refractivity contribution < 1.29 is 13.2 Å². The van der Waals surface area contributed by atoms with Gasteiger partial charge < -0.3 is 5.73 Å². The molecule has 2 N–H and O–H groups in total. The van der Waals surface area contributed by atoms with Gasteiger partial charge in [0.1, 0.15) is 0 Å². The van der Waals surface area contributed by atoms with Gasteiger partial charge in [0.2, 0.25) is 0 Å². The quantitative estimate of drug-likeness (QED) is 0.842. The predicted octanol–water partition coefficient (Wildman–Crippen LogP) is 3.75. The molecule has 1 nitrogen and oxygen atoms in total. The van der Waals surface area contributed by atoms with E-state index in [1.807, 2.05) is 13.8 Å². The summed E-state index contributed by atoms with van der Waals surface area (Å²) in [6, 6.07) is 4.95. The molecule has 0 saturated heterocycles. The molecule has 1 aromatic rings. The number of hydrogen-bond acceptors (Lipinski definition) is 1. The van der Waals surface area contributed by atoms with Crippen molar-refractivity contribution in [1.82, 2.24) is 0 Å². The first-order valence-corrected chi connectivity index (χ1v) is 5.24. The summed E-state index contributed by atoms with van der Waals surface area (Å²) in [6.07, 6.45) is -3.78. The van der Waals surface area contributed by atoms with Crippen molar-refractivity contribution in [3.8, 4) is 0 Å². The molecule has 0 unspecified atom stereocenters. The Balaban J connectivity index is 3.04. The van der Waals surface area contributed by atoms with E-state index in [2.05, 4.69) is 0 Å². The minimum absolute atomic E-state index is 0.184. The number of alkyl halides is 3. The minimum Gasteiger partial charge on any atom is -0.324 e. The van der Waals surface area contributed by atoms with Gasteiger partial charge in [-0.2, -0.15) is 13.2 Å². The summed E-state index contributed by atoms with van der Waals surface area (Å²) < 4.78 is 38.1. The lowest BCUT2D eigenvalue weighted by molar-refractivity contribution is -0.138. The van der Waals surface area contributed by atoms with Gasteiger partial charge in [0.25, 0.3) is 0 Å². The van der Waals surface area contributed by atoms with Crippen molar-refractivity contribution >= 4 is 0 Å². The van der Waals surface area contributed by atoms with Gasteiger partial charge in [-0.1, -0.05) is 32.0 Å². The number of hydrogen-bond donors (Lipinski definition) is 1. The first-order chi connectivity index (χ1) is 7.32. The molecule has 0 spiro atoms. The van der Waals surface area contributed by atoms with Crippen LogP contribution in [0.5, 0.6) is 0 Å². The summed E-state index contributed by atoms with van der Waals surface area (Å²) in [5.41, 5.74) is 5.36. The highest BCUT2D eigenvalue weighted by molar-refractivity contribution is 5.32. The maximum atomic E-state index is 12.7. The summed E-state index contributed by atoms with van der Waals surface area (Å²) in [5, 5.41) is 0. The van der Waals surface area contributed by atoms with Gasteiger partial charge in [0.05, 0.1) is 5.56 Å². The largest absolute Gasteiger partial charge is 0.416 e. The fraction of sp³-hybridized carbons (Fsp3) is 0.500. The van der Waals surface area contributed by atoms with Gasteiger partial charge in [-0.05, 0) is 24.0 Å². The molecule has 1 rings (SSSR count). The summed E-state index contributed by atoms with van der Waals surface area (Å²) in [7, 11) is 0. The Morgan fingerprint density at radius 3 is 2.25 bits per heavy atom. The maximum absolute atomic E-state index is 12.7. The molecule has 0 radical (unpaired) electrons. The zero-order chi connectivity index (χ0) is 12.3. The molecule has 1 aromatic carbocycles.